The molecule has 3 aromatic rings. The average Bonchev–Trinajstić information content (AvgIpc) is 2.80. The van der Waals surface area contributed by atoms with E-state index in [2.05, 4.69) is 19.8 Å². The zero-order valence-corrected chi connectivity index (χ0v) is 17.9. The minimum atomic E-state index is -0.188. The van der Waals surface area contributed by atoms with Crippen molar-refractivity contribution in [2.75, 3.05) is 44.2 Å². The summed E-state index contributed by atoms with van der Waals surface area (Å²) in [6.45, 7) is 5.67. The Kier molecular flexibility index (Phi) is 6.81. The minimum Gasteiger partial charge on any atom is -0.487 e. The van der Waals surface area contributed by atoms with Gasteiger partial charge >= 0.3 is 0 Å². The van der Waals surface area contributed by atoms with E-state index in [1.54, 1.807) is 41.4 Å². The van der Waals surface area contributed by atoms with Crippen molar-refractivity contribution in [3.05, 3.63) is 76.1 Å². The first kappa shape index (κ1) is 21.3. The first-order valence-corrected chi connectivity index (χ1v) is 10.6. The normalized spacial score (nSPS) is 14.6. The van der Waals surface area contributed by atoms with Gasteiger partial charge in [0.1, 0.15) is 18.2 Å². The topological polar surface area (TPSA) is 89.5 Å². The van der Waals surface area contributed by atoms with Gasteiger partial charge in [-0.2, -0.15) is 0 Å². The van der Waals surface area contributed by atoms with Crippen LogP contribution in [0.15, 0.2) is 59.8 Å². The number of rotatable bonds is 7. The average molecular weight is 441 g/mol. The maximum atomic E-state index is 12.6. The van der Waals surface area contributed by atoms with Gasteiger partial charge in [-0.15, -0.1) is 0 Å². The van der Waals surface area contributed by atoms with Gasteiger partial charge in [-0.25, -0.2) is 4.98 Å². The van der Waals surface area contributed by atoms with Gasteiger partial charge in [0.15, 0.2) is 0 Å². The molecule has 0 atom stereocenters. The molecule has 0 saturated carbocycles. The minimum absolute atomic E-state index is 0.188. The van der Waals surface area contributed by atoms with Crippen LogP contribution in [0.4, 0.5) is 5.82 Å². The first-order chi connectivity index (χ1) is 15.1. The van der Waals surface area contributed by atoms with Crippen LogP contribution in [0.3, 0.4) is 0 Å². The predicted octanol–water partition coefficient (Wildman–Crippen LogP) is 1.94. The molecule has 1 aliphatic rings. The largest absolute Gasteiger partial charge is 0.487 e. The van der Waals surface area contributed by atoms with Crippen LogP contribution >= 0.6 is 11.6 Å². The molecule has 162 valence electrons. The summed E-state index contributed by atoms with van der Waals surface area (Å²) in [6.07, 6.45) is 4.98. The number of pyridine rings is 3. The Morgan fingerprint density at radius 1 is 1.03 bits per heavy atom. The van der Waals surface area contributed by atoms with Crippen LogP contribution < -0.4 is 20.9 Å². The fourth-order valence-electron chi connectivity index (χ4n) is 3.50. The molecule has 2 N–H and O–H groups in total. The second kappa shape index (κ2) is 9.91. The molecule has 0 aliphatic carbocycles. The monoisotopic (exact) mass is 440 g/mol. The summed E-state index contributed by atoms with van der Waals surface area (Å²) in [7, 11) is 0. The van der Waals surface area contributed by atoms with E-state index in [0.29, 0.717) is 23.0 Å². The van der Waals surface area contributed by atoms with Gasteiger partial charge in [0.2, 0.25) is 0 Å². The maximum absolute atomic E-state index is 12.6. The highest BCUT2D eigenvalue weighted by Gasteiger charge is 2.17. The zero-order valence-electron chi connectivity index (χ0n) is 17.2. The van der Waals surface area contributed by atoms with E-state index >= 15 is 0 Å². The highest BCUT2D eigenvalue weighted by atomic mass is 35.5. The molecular weight excluding hydrogens is 416 g/mol. The Bertz CT molecular complexity index is 1050. The lowest BCUT2D eigenvalue weighted by molar-refractivity contribution is 0.264. The van der Waals surface area contributed by atoms with Crippen LogP contribution in [0.5, 0.6) is 5.75 Å². The number of anilines is 1. The zero-order chi connectivity index (χ0) is 21.6. The third-order valence-electron chi connectivity index (χ3n) is 5.22. The van der Waals surface area contributed by atoms with Gasteiger partial charge in [-0.1, -0.05) is 11.6 Å². The van der Waals surface area contributed by atoms with E-state index in [-0.39, 0.29) is 12.2 Å². The number of hydrogen-bond acceptors (Lipinski definition) is 7. The molecule has 4 heterocycles. The van der Waals surface area contributed by atoms with Crippen LogP contribution in [0.1, 0.15) is 5.69 Å². The Labute approximate surface area is 185 Å². The number of piperazine rings is 1. The quantitative estimate of drug-likeness (QED) is 0.600. The Balaban J connectivity index is 1.39. The van der Waals surface area contributed by atoms with E-state index < -0.39 is 0 Å². The fraction of sp³-hybridized carbons (Fsp3) is 0.318. The van der Waals surface area contributed by atoms with E-state index in [9.17, 15) is 4.79 Å². The van der Waals surface area contributed by atoms with Gasteiger partial charge in [0.25, 0.3) is 5.56 Å². The Morgan fingerprint density at radius 2 is 1.87 bits per heavy atom. The fourth-order valence-corrected chi connectivity index (χ4v) is 3.62. The second-order valence-corrected chi connectivity index (χ2v) is 7.76. The SMILES string of the molecule is NCCN1CCN(c2ccc(-n3ccc(OCc4ccc(Cl)cn4)cc3=O)cn2)CC1. The molecule has 31 heavy (non-hydrogen) atoms. The molecule has 9 heteroatoms. The van der Waals surface area contributed by atoms with E-state index in [0.717, 1.165) is 44.2 Å². The maximum Gasteiger partial charge on any atom is 0.258 e. The van der Waals surface area contributed by atoms with Crippen molar-refractivity contribution in [2.24, 2.45) is 5.73 Å². The molecule has 0 amide bonds. The highest BCUT2D eigenvalue weighted by Crippen LogP contribution is 2.17. The van der Waals surface area contributed by atoms with Crippen molar-refractivity contribution >= 4 is 17.4 Å². The summed E-state index contributed by atoms with van der Waals surface area (Å²) in [5, 5.41) is 0.569. The van der Waals surface area contributed by atoms with E-state index in [4.69, 9.17) is 22.1 Å². The highest BCUT2D eigenvalue weighted by molar-refractivity contribution is 6.30. The molecule has 3 aromatic heterocycles. The molecule has 0 aromatic carbocycles. The van der Waals surface area contributed by atoms with Crippen molar-refractivity contribution in [1.82, 2.24) is 19.4 Å². The summed E-state index contributed by atoms with van der Waals surface area (Å²) in [6, 6.07) is 10.6. The molecule has 0 spiro atoms. The molecule has 1 saturated heterocycles. The summed E-state index contributed by atoms with van der Waals surface area (Å²) < 4.78 is 7.22. The lowest BCUT2D eigenvalue weighted by Gasteiger charge is -2.35. The second-order valence-electron chi connectivity index (χ2n) is 7.32. The van der Waals surface area contributed by atoms with E-state index in [1.165, 1.54) is 6.07 Å². The van der Waals surface area contributed by atoms with Crippen molar-refractivity contribution in [2.45, 2.75) is 6.61 Å². The number of halogens is 1. The van der Waals surface area contributed by atoms with Gasteiger partial charge in [0.05, 0.1) is 22.6 Å². The molecule has 1 fully saturated rings. The third kappa shape index (κ3) is 5.41. The van der Waals surface area contributed by atoms with Crippen molar-refractivity contribution in [3.8, 4) is 11.4 Å². The first-order valence-electron chi connectivity index (χ1n) is 10.2. The summed E-state index contributed by atoms with van der Waals surface area (Å²) in [5.41, 5.74) is 6.89. The predicted molar refractivity (Wildman–Crippen MR) is 121 cm³/mol. The third-order valence-corrected chi connectivity index (χ3v) is 5.44. The lowest BCUT2D eigenvalue weighted by Crippen LogP contribution is -2.48. The molecule has 8 nitrogen and oxygen atoms in total. The van der Waals surface area contributed by atoms with Gasteiger partial charge < -0.3 is 15.4 Å². The van der Waals surface area contributed by atoms with Crippen LogP contribution in [-0.2, 0) is 6.61 Å². The van der Waals surface area contributed by atoms with Crippen molar-refractivity contribution in [3.63, 3.8) is 0 Å². The molecular formula is C22H25ClN6O2. The van der Waals surface area contributed by atoms with Crippen molar-refractivity contribution in [1.29, 1.82) is 0 Å². The Hall–Kier alpha value is -2.94. The summed E-state index contributed by atoms with van der Waals surface area (Å²) >= 11 is 5.84. The van der Waals surface area contributed by atoms with E-state index in [1.807, 2.05) is 12.1 Å². The summed E-state index contributed by atoms with van der Waals surface area (Å²) in [5.74, 6) is 1.40. The number of nitrogens with zero attached hydrogens (tertiary/aromatic N) is 5. The van der Waals surface area contributed by atoms with Crippen LogP contribution in [0.2, 0.25) is 5.02 Å². The molecule has 4 rings (SSSR count). The number of hydrogen-bond donors (Lipinski definition) is 1. The number of nitrogens with two attached hydrogens (primary N) is 1. The van der Waals surface area contributed by atoms with Gasteiger partial charge in [-0.05, 0) is 30.3 Å². The standard InChI is InChI=1S/C22H25ClN6O2/c23-17-1-2-18(25-14-17)16-31-20-5-7-29(22(30)13-20)19-3-4-21(26-15-19)28-11-9-27(8-6-24)10-12-28/h1-5,7,13-15H,6,8-12,16,24H2. The van der Waals surface area contributed by atoms with Gasteiger partial charge in [0, 0.05) is 57.7 Å². The molecule has 0 unspecified atom stereocenters. The van der Waals surface area contributed by atoms with Crippen LogP contribution in [0.25, 0.3) is 5.69 Å². The van der Waals surface area contributed by atoms with Crippen LogP contribution in [-0.4, -0.2) is 58.7 Å². The number of aromatic nitrogens is 3. The number of ether oxygens (including phenoxy) is 1. The smallest absolute Gasteiger partial charge is 0.258 e. The molecule has 0 radical (unpaired) electrons. The van der Waals surface area contributed by atoms with Crippen molar-refractivity contribution < 1.29 is 4.74 Å². The molecule has 0 bridgehead atoms. The Morgan fingerprint density at radius 3 is 2.52 bits per heavy atom. The molecule has 1 aliphatic heterocycles. The van der Waals surface area contributed by atoms with Gasteiger partial charge in [-0.3, -0.25) is 19.2 Å². The van der Waals surface area contributed by atoms with Crippen LogP contribution in [0, 0.1) is 0 Å². The summed E-state index contributed by atoms with van der Waals surface area (Å²) in [4.78, 5) is 25.9. The lowest BCUT2D eigenvalue weighted by atomic mass is 10.3.